The van der Waals surface area contributed by atoms with Gasteiger partial charge in [0.2, 0.25) is 5.91 Å². The van der Waals surface area contributed by atoms with Gasteiger partial charge in [0.05, 0.1) is 17.5 Å². The van der Waals surface area contributed by atoms with Crippen molar-refractivity contribution in [1.29, 1.82) is 0 Å². The molecule has 2 aliphatic heterocycles. The second kappa shape index (κ2) is 6.22. The standard InChI is InChI=1S/C13H24N2O3S/c1-2-3-8-15(11-6-9-19(17,18)10-11)13(16)12-5-4-7-14-12/h11-12,14H,2-10H2,1H3. The van der Waals surface area contributed by atoms with E-state index in [0.717, 1.165) is 32.2 Å². The lowest BCUT2D eigenvalue weighted by Gasteiger charge is -2.30. The van der Waals surface area contributed by atoms with Crippen molar-refractivity contribution in [2.75, 3.05) is 24.6 Å². The minimum absolute atomic E-state index is 0.0971. The molecule has 1 N–H and O–H groups in total. The maximum absolute atomic E-state index is 12.5. The van der Waals surface area contributed by atoms with Crippen molar-refractivity contribution in [3.63, 3.8) is 0 Å². The van der Waals surface area contributed by atoms with E-state index in [-0.39, 0.29) is 29.5 Å². The zero-order valence-corrected chi connectivity index (χ0v) is 12.4. The summed E-state index contributed by atoms with van der Waals surface area (Å²) >= 11 is 0. The van der Waals surface area contributed by atoms with Crippen molar-refractivity contribution in [3.8, 4) is 0 Å². The summed E-state index contributed by atoms with van der Waals surface area (Å²) in [6.45, 7) is 3.66. The fourth-order valence-corrected chi connectivity index (χ4v) is 4.65. The molecule has 2 rings (SSSR count). The van der Waals surface area contributed by atoms with Gasteiger partial charge in [-0.2, -0.15) is 0 Å². The van der Waals surface area contributed by atoms with Crippen LogP contribution >= 0.6 is 0 Å². The number of hydrogen-bond acceptors (Lipinski definition) is 4. The highest BCUT2D eigenvalue weighted by Crippen LogP contribution is 2.21. The van der Waals surface area contributed by atoms with Crippen LogP contribution in [0, 0.1) is 0 Å². The highest BCUT2D eigenvalue weighted by molar-refractivity contribution is 7.91. The number of nitrogens with one attached hydrogen (secondary N) is 1. The van der Waals surface area contributed by atoms with E-state index < -0.39 is 9.84 Å². The molecule has 19 heavy (non-hydrogen) atoms. The van der Waals surface area contributed by atoms with Gasteiger partial charge in [-0.3, -0.25) is 4.79 Å². The van der Waals surface area contributed by atoms with Crippen LogP contribution in [0.5, 0.6) is 0 Å². The SMILES string of the molecule is CCCCN(C(=O)C1CCCN1)C1CCS(=O)(=O)C1. The number of hydrogen-bond donors (Lipinski definition) is 1. The van der Waals surface area contributed by atoms with E-state index >= 15 is 0 Å². The smallest absolute Gasteiger partial charge is 0.239 e. The van der Waals surface area contributed by atoms with Crippen LogP contribution in [0.15, 0.2) is 0 Å². The molecule has 2 saturated heterocycles. The quantitative estimate of drug-likeness (QED) is 0.802. The van der Waals surface area contributed by atoms with Gasteiger partial charge < -0.3 is 10.2 Å². The molecule has 2 fully saturated rings. The van der Waals surface area contributed by atoms with Gasteiger partial charge in [-0.15, -0.1) is 0 Å². The Morgan fingerprint density at radius 2 is 2.16 bits per heavy atom. The van der Waals surface area contributed by atoms with E-state index in [1.807, 2.05) is 4.90 Å². The summed E-state index contributed by atoms with van der Waals surface area (Å²) in [5.74, 6) is 0.481. The molecule has 0 spiro atoms. The fraction of sp³-hybridized carbons (Fsp3) is 0.923. The highest BCUT2D eigenvalue weighted by Gasteiger charge is 2.37. The summed E-state index contributed by atoms with van der Waals surface area (Å²) < 4.78 is 23.2. The molecular formula is C13H24N2O3S. The van der Waals surface area contributed by atoms with Gasteiger partial charge in [-0.1, -0.05) is 13.3 Å². The number of carbonyl (C=O) groups excluding carboxylic acids is 1. The molecule has 0 aromatic rings. The summed E-state index contributed by atoms with van der Waals surface area (Å²) in [6, 6.07) is -0.202. The lowest BCUT2D eigenvalue weighted by molar-refractivity contribution is -0.135. The first-order valence-corrected chi connectivity index (χ1v) is 9.10. The van der Waals surface area contributed by atoms with Crippen molar-refractivity contribution >= 4 is 15.7 Å². The molecule has 1 amide bonds. The molecule has 2 unspecified atom stereocenters. The van der Waals surface area contributed by atoms with Crippen LogP contribution in [0.25, 0.3) is 0 Å². The van der Waals surface area contributed by atoms with Crippen molar-refractivity contribution in [2.45, 2.75) is 51.1 Å². The van der Waals surface area contributed by atoms with Crippen molar-refractivity contribution in [2.24, 2.45) is 0 Å². The van der Waals surface area contributed by atoms with Crippen LogP contribution in [0.1, 0.15) is 39.0 Å². The maximum atomic E-state index is 12.5. The van der Waals surface area contributed by atoms with Crippen LogP contribution < -0.4 is 5.32 Å². The van der Waals surface area contributed by atoms with Gasteiger partial charge in [-0.25, -0.2) is 8.42 Å². The van der Waals surface area contributed by atoms with E-state index in [2.05, 4.69) is 12.2 Å². The number of unbranched alkanes of at least 4 members (excludes halogenated alkanes) is 1. The molecule has 110 valence electrons. The van der Waals surface area contributed by atoms with E-state index in [4.69, 9.17) is 0 Å². The van der Waals surface area contributed by atoms with E-state index in [1.54, 1.807) is 0 Å². The van der Waals surface area contributed by atoms with Crippen molar-refractivity contribution in [3.05, 3.63) is 0 Å². The lowest BCUT2D eigenvalue weighted by atomic mass is 10.1. The molecule has 2 atom stereocenters. The third kappa shape index (κ3) is 3.69. The third-order valence-corrected chi connectivity index (χ3v) is 5.79. The molecule has 0 bridgehead atoms. The van der Waals surface area contributed by atoms with Crippen molar-refractivity contribution in [1.82, 2.24) is 10.2 Å². The summed E-state index contributed by atoms with van der Waals surface area (Å²) in [6.07, 6.45) is 4.46. The molecule has 0 radical (unpaired) electrons. The lowest BCUT2D eigenvalue weighted by Crippen LogP contribution is -2.49. The summed E-state index contributed by atoms with van der Waals surface area (Å²) in [5, 5.41) is 3.22. The molecule has 6 heteroatoms. The number of carbonyl (C=O) groups is 1. The Hall–Kier alpha value is -0.620. The van der Waals surface area contributed by atoms with Gasteiger partial charge in [0, 0.05) is 12.6 Å². The molecule has 2 aliphatic rings. The first kappa shape index (κ1) is 14.8. The van der Waals surface area contributed by atoms with E-state index in [9.17, 15) is 13.2 Å². The van der Waals surface area contributed by atoms with Crippen LogP contribution in [0.3, 0.4) is 0 Å². The zero-order chi connectivity index (χ0) is 13.9. The molecule has 5 nitrogen and oxygen atoms in total. The fourth-order valence-electron chi connectivity index (χ4n) is 2.92. The largest absolute Gasteiger partial charge is 0.337 e. The van der Waals surface area contributed by atoms with Crippen LogP contribution in [-0.4, -0.2) is 55.9 Å². The minimum atomic E-state index is -2.94. The average molecular weight is 288 g/mol. The predicted molar refractivity (Wildman–Crippen MR) is 74.7 cm³/mol. The Morgan fingerprint density at radius 1 is 1.37 bits per heavy atom. The van der Waals surface area contributed by atoms with Gasteiger partial charge in [-0.05, 0) is 32.2 Å². The first-order valence-electron chi connectivity index (χ1n) is 7.28. The number of sulfone groups is 1. The van der Waals surface area contributed by atoms with Gasteiger partial charge in [0.15, 0.2) is 9.84 Å². The zero-order valence-electron chi connectivity index (χ0n) is 11.6. The van der Waals surface area contributed by atoms with Gasteiger partial charge in [0.25, 0.3) is 0 Å². The normalized spacial score (nSPS) is 29.5. The highest BCUT2D eigenvalue weighted by atomic mass is 32.2. The second-order valence-electron chi connectivity index (χ2n) is 5.59. The molecule has 0 aromatic carbocycles. The van der Waals surface area contributed by atoms with Gasteiger partial charge in [0.1, 0.15) is 0 Å². The summed E-state index contributed by atoms with van der Waals surface area (Å²) in [5.41, 5.74) is 0. The average Bonchev–Trinajstić information content (AvgIpc) is 2.99. The second-order valence-corrected chi connectivity index (χ2v) is 7.82. The predicted octanol–water partition coefficient (Wildman–Crippen LogP) is 0.554. The topological polar surface area (TPSA) is 66.5 Å². The Morgan fingerprint density at radius 3 is 2.68 bits per heavy atom. The maximum Gasteiger partial charge on any atom is 0.239 e. The number of nitrogens with zero attached hydrogens (tertiary/aromatic N) is 1. The van der Waals surface area contributed by atoms with Gasteiger partial charge >= 0.3 is 0 Å². The molecule has 2 heterocycles. The van der Waals surface area contributed by atoms with Crippen LogP contribution in [0.4, 0.5) is 0 Å². The monoisotopic (exact) mass is 288 g/mol. The Bertz CT molecular complexity index is 416. The Balaban J connectivity index is 2.04. The summed E-state index contributed by atoms with van der Waals surface area (Å²) in [7, 11) is -2.94. The number of amides is 1. The van der Waals surface area contributed by atoms with E-state index in [1.165, 1.54) is 0 Å². The van der Waals surface area contributed by atoms with Crippen LogP contribution in [-0.2, 0) is 14.6 Å². The molecular weight excluding hydrogens is 264 g/mol. The molecule has 0 aromatic heterocycles. The Kier molecular flexibility index (Phi) is 4.84. The molecule has 0 saturated carbocycles. The third-order valence-electron chi connectivity index (χ3n) is 4.04. The van der Waals surface area contributed by atoms with Crippen molar-refractivity contribution < 1.29 is 13.2 Å². The number of rotatable bonds is 5. The first-order chi connectivity index (χ1) is 9.03. The van der Waals surface area contributed by atoms with Crippen LogP contribution in [0.2, 0.25) is 0 Å². The summed E-state index contributed by atoms with van der Waals surface area (Å²) in [4.78, 5) is 14.3. The minimum Gasteiger partial charge on any atom is -0.337 e. The van der Waals surface area contributed by atoms with E-state index in [0.29, 0.717) is 13.0 Å². The molecule has 0 aliphatic carbocycles. The Labute approximate surface area is 115 Å².